The minimum atomic E-state index is -2.42. The topological polar surface area (TPSA) is 69.7 Å². The van der Waals surface area contributed by atoms with Gasteiger partial charge in [0.1, 0.15) is 5.00 Å². The van der Waals surface area contributed by atoms with Crippen molar-refractivity contribution in [3.8, 4) is 0 Å². The van der Waals surface area contributed by atoms with Crippen molar-refractivity contribution in [1.29, 1.82) is 0 Å². The molecule has 1 atom stereocenters. The summed E-state index contributed by atoms with van der Waals surface area (Å²) in [5.74, 6) is -0.450. The lowest BCUT2D eigenvalue weighted by molar-refractivity contribution is 0.0600. The Bertz CT molecular complexity index is 873. The first-order valence-corrected chi connectivity index (χ1v) is 8.96. The summed E-state index contributed by atoms with van der Waals surface area (Å²) in [6.45, 7) is 0.147. The van der Waals surface area contributed by atoms with Crippen molar-refractivity contribution >= 4 is 43.7 Å². The van der Waals surface area contributed by atoms with Crippen molar-refractivity contribution < 1.29 is 18.3 Å². The van der Waals surface area contributed by atoms with Gasteiger partial charge in [-0.1, -0.05) is 30.3 Å². The van der Waals surface area contributed by atoms with E-state index in [2.05, 4.69) is 0 Å². The number of carbonyl (C=O) groups is 1. The van der Waals surface area contributed by atoms with Gasteiger partial charge in [-0.15, -0.1) is 11.3 Å². The molecule has 24 heavy (non-hydrogen) atoms. The minimum Gasteiger partial charge on any atom is -0.755 e. The van der Waals surface area contributed by atoms with Gasteiger partial charge in [0.05, 0.1) is 19.2 Å². The Morgan fingerprint density at radius 3 is 2.71 bits per heavy atom. The normalized spacial score (nSPS) is 12.1. The molecule has 7 heteroatoms. The highest BCUT2D eigenvalue weighted by Crippen LogP contribution is 2.33. The van der Waals surface area contributed by atoms with Gasteiger partial charge < -0.3 is 9.29 Å². The van der Waals surface area contributed by atoms with Crippen LogP contribution < -0.4 is 4.31 Å². The summed E-state index contributed by atoms with van der Waals surface area (Å²) in [7, 11) is 1.31. The van der Waals surface area contributed by atoms with Gasteiger partial charge in [0, 0.05) is 16.0 Å². The summed E-state index contributed by atoms with van der Waals surface area (Å²) in [6, 6.07) is 16.3. The lowest BCUT2D eigenvalue weighted by Crippen LogP contribution is -2.24. The molecule has 1 heterocycles. The van der Waals surface area contributed by atoms with Crippen molar-refractivity contribution in [2.75, 3.05) is 11.4 Å². The summed E-state index contributed by atoms with van der Waals surface area (Å²) < 4.78 is 30.4. The van der Waals surface area contributed by atoms with Crippen molar-refractivity contribution in [3.05, 3.63) is 65.7 Å². The number of ether oxygens (including phenoxy) is 1. The first kappa shape index (κ1) is 16.6. The molecule has 1 unspecified atom stereocenters. The maximum atomic E-state index is 11.7. The van der Waals surface area contributed by atoms with Crippen LogP contribution in [0.2, 0.25) is 0 Å². The van der Waals surface area contributed by atoms with Crippen molar-refractivity contribution in [1.82, 2.24) is 0 Å². The van der Waals surface area contributed by atoms with Gasteiger partial charge >= 0.3 is 5.97 Å². The minimum absolute atomic E-state index is 0.147. The van der Waals surface area contributed by atoms with Gasteiger partial charge in [0.25, 0.3) is 0 Å². The Hall–Kier alpha value is -2.22. The Kier molecular flexibility index (Phi) is 4.94. The molecule has 0 aliphatic rings. The highest BCUT2D eigenvalue weighted by atomic mass is 32.2. The van der Waals surface area contributed by atoms with Crippen LogP contribution in [0.1, 0.15) is 15.9 Å². The molecule has 3 rings (SSSR count). The van der Waals surface area contributed by atoms with Crippen molar-refractivity contribution in [2.24, 2.45) is 0 Å². The van der Waals surface area contributed by atoms with E-state index < -0.39 is 17.2 Å². The van der Waals surface area contributed by atoms with Crippen molar-refractivity contribution in [3.63, 3.8) is 0 Å². The quantitative estimate of drug-likeness (QED) is 0.516. The van der Waals surface area contributed by atoms with Crippen LogP contribution in [0.4, 0.5) is 5.00 Å². The molecule has 2 aromatic carbocycles. The molecular formula is C17H14NO4S2-. The molecular weight excluding hydrogens is 346 g/mol. The number of anilines is 1. The summed E-state index contributed by atoms with van der Waals surface area (Å²) >= 11 is -1.01. The molecule has 3 aromatic rings. The fourth-order valence-electron chi connectivity index (χ4n) is 2.38. The molecule has 1 aromatic heterocycles. The fourth-order valence-corrected chi connectivity index (χ4v) is 4.09. The molecule has 0 amide bonds. The van der Waals surface area contributed by atoms with Crippen LogP contribution in [-0.4, -0.2) is 21.8 Å². The maximum Gasteiger partial charge on any atom is 0.337 e. The van der Waals surface area contributed by atoms with Crippen LogP contribution in [0.15, 0.2) is 54.6 Å². The lowest BCUT2D eigenvalue weighted by Gasteiger charge is -2.24. The number of carbonyl (C=O) groups excluding carboxylic acids is 1. The van der Waals surface area contributed by atoms with Crippen LogP contribution in [0.5, 0.6) is 0 Å². The van der Waals surface area contributed by atoms with Crippen LogP contribution in [0, 0.1) is 0 Å². The highest BCUT2D eigenvalue weighted by molar-refractivity contribution is 7.80. The SMILES string of the molecule is COC(=O)c1cccc(CN(c2cc3ccccc3s2)S(=O)[O-])c1. The molecule has 0 saturated heterocycles. The first-order valence-electron chi connectivity index (χ1n) is 7.11. The molecule has 5 nitrogen and oxygen atoms in total. The van der Waals surface area contributed by atoms with E-state index in [-0.39, 0.29) is 6.54 Å². The number of hydrogen-bond donors (Lipinski definition) is 0. The number of methoxy groups -OCH3 is 1. The van der Waals surface area contributed by atoms with Gasteiger partial charge in [-0.25, -0.2) is 4.79 Å². The molecule has 124 valence electrons. The fraction of sp³-hybridized carbons (Fsp3) is 0.118. The van der Waals surface area contributed by atoms with E-state index in [9.17, 15) is 13.6 Å². The number of benzene rings is 2. The monoisotopic (exact) mass is 360 g/mol. The average Bonchev–Trinajstić information content (AvgIpc) is 3.02. The lowest BCUT2D eigenvalue weighted by atomic mass is 10.1. The highest BCUT2D eigenvalue weighted by Gasteiger charge is 2.13. The molecule has 0 aliphatic heterocycles. The number of rotatable bonds is 5. The summed E-state index contributed by atoms with van der Waals surface area (Å²) in [4.78, 5) is 11.6. The standard InChI is InChI=1S/C17H15NO4S2/c1-22-17(19)14-7-4-5-12(9-14)11-18(24(20)21)16-10-13-6-2-3-8-15(13)23-16/h2-10H,11H2,1H3,(H,20,21)/p-1. The van der Waals surface area contributed by atoms with Crippen LogP contribution in [0.3, 0.4) is 0 Å². The van der Waals surface area contributed by atoms with E-state index in [1.807, 2.05) is 30.3 Å². The average molecular weight is 360 g/mol. The summed E-state index contributed by atoms with van der Waals surface area (Å²) in [5.41, 5.74) is 1.10. The first-order chi connectivity index (χ1) is 11.6. The zero-order valence-corrected chi connectivity index (χ0v) is 14.4. The van der Waals surface area contributed by atoms with Gasteiger partial charge in [0.15, 0.2) is 0 Å². The molecule has 0 N–H and O–H groups in total. The van der Waals surface area contributed by atoms with Gasteiger partial charge in [-0.2, -0.15) is 0 Å². The third kappa shape index (κ3) is 3.48. The van der Waals surface area contributed by atoms with Crippen molar-refractivity contribution in [2.45, 2.75) is 6.54 Å². The molecule has 0 fully saturated rings. The number of nitrogens with zero attached hydrogens (tertiary/aromatic N) is 1. The predicted octanol–water partition coefficient (Wildman–Crippen LogP) is 3.49. The van der Waals surface area contributed by atoms with E-state index in [1.165, 1.54) is 22.8 Å². The van der Waals surface area contributed by atoms with Crippen LogP contribution in [-0.2, 0) is 22.5 Å². The third-order valence-corrected chi connectivity index (χ3v) is 5.45. The predicted molar refractivity (Wildman–Crippen MR) is 94.7 cm³/mol. The molecule has 0 radical (unpaired) electrons. The van der Waals surface area contributed by atoms with E-state index in [0.29, 0.717) is 16.1 Å². The van der Waals surface area contributed by atoms with Crippen LogP contribution >= 0.6 is 11.3 Å². The second-order valence-electron chi connectivity index (χ2n) is 5.07. The Labute approximate surface area is 145 Å². The largest absolute Gasteiger partial charge is 0.755 e. The number of esters is 1. The van der Waals surface area contributed by atoms with Crippen LogP contribution in [0.25, 0.3) is 10.1 Å². The zero-order chi connectivity index (χ0) is 17.1. The van der Waals surface area contributed by atoms with Gasteiger partial charge in [0.2, 0.25) is 0 Å². The summed E-state index contributed by atoms with van der Waals surface area (Å²) in [5, 5.41) is 1.63. The molecule has 0 bridgehead atoms. The Morgan fingerprint density at radius 1 is 1.21 bits per heavy atom. The van der Waals surface area contributed by atoms with Gasteiger partial charge in [-0.05, 0) is 35.2 Å². The summed E-state index contributed by atoms with van der Waals surface area (Å²) in [6.07, 6.45) is 0. The molecule has 0 saturated carbocycles. The van der Waals surface area contributed by atoms with E-state index >= 15 is 0 Å². The Morgan fingerprint density at radius 2 is 2.00 bits per heavy atom. The Balaban J connectivity index is 1.92. The number of fused-ring (bicyclic) bond motifs is 1. The number of hydrogen-bond acceptors (Lipinski definition) is 5. The molecule has 0 spiro atoms. The smallest absolute Gasteiger partial charge is 0.337 e. The van der Waals surface area contributed by atoms with E-state index in [0.717, 1.165) is 10.1 Å². The molecule has 0 aliphatic carbocycles. The second-order valence-corrected chi connectivity index (χ2v) is 7.01. The second kappa shape index (κ2) is 7.12. The third-order valence-electron chi connectivity index (χ3n) is 3.51. The maximum absolute atomic E-state index is 11.7. The number of thiophene rings is 1. The van der Waals surface area contributed by atoms with E-state index in [1.54, 1.807) is 24.3 Å². The van der Waals surface area contributed by atoms with E-state index in [4.69, 9.17) is 4.74 Å². The zero-order valence-electron chi connectivity index (χ0n) is 12.8. The van der Waals surface area contributed by atoms with Gasteiger partial charge in [-0.3, -0.25) is 8.51 Å².